The summed E-state index contributed by atoms with van der Waals surface area (Å²) in [5.41, 5.74) is 0.271. The third-order valence-electron chi connectivity index (χ3n) is 4.42. The Kier molecular flexibility index (Phi) is 7.11. The van der Waals surface area contributed by atoms with Crippen molar-refractivity contribution in [3.63, 3.8) is 0 Å². The monoisotopic (exact) mass is 405 g/mol. The van der Waals surface area contributed by atoms with Gasteiger partial charge in [-0.25, -0.2) is 0 Å². The smallest absolute Gasteiger partial charge is 0.340 e. The number of benzene rings is 1. The van der Waals surface area contributed by atoms with Crippen LogP contribution in [0.15, 0.2) is 24.3 Å². The van der Waals surface area contributed by atoms with Crippen LogP contribution in [0.1, 0.15) is 24.2 Å². The van der Waals surface area contributed by atoms with Gasteiger partial charge in [-0.05, 0) is 18.1 Å². The first-order valence-corrected chi connectivity index (χ1v) is 9.09. The maximum absolute atomic E-state index is 12.8. The van der Waals surface area contributed by atoms with E-state index in [2.05, 4.69) is 5.32 Å². The highest BCUT2D eigenvalue weighted by Gasteiger charge is 2.35. The summed E-state index contributed by atoms with van der Waals surface area (Å²) in [5.74, 6) is -0.933. The lowest BCUT2D eigenvalue weighted by Gasteiger charge is -2.37. The molecule has 2 amide bonds. The van der Waals surface area contributed by atoms with E-state index in [-0.39, 0.29) is 48.6 Å². The third-order valence-corrected chi connectivity index (χ3v) is 4.75. The third kappa shape index (κ3) is 6.10. The molecule has 1 aromatic rings. The maximum Gasteiger partial charge on any atom is 0.401 e. The van der Waals surface area contributed by atoms with Gasteiger partial charge in [-0.2, -0.15) is 13.2 Å². The highest BCUT2D eigenvalue weighted by atomic mass is 35.5. The van der Waals surface area contributed by atoms with Crippen LogP contribution in [-0.2, 0) is 4.79 Å². The molecule has 0 aliphatic carbocycles. The van der Waals surface area contributed by atoms with Crippen LogP contribution >= 0.6 is 11.6 Å². The van der Waals surface area contributed by atoms with Crippen molar-refractivity contribution in [1.29, 1.82) is 0 Å². The first-order chi connectivity index (χ1) is 12.6. The molecule has 1 aliphatic rings. The van der Waals surface area contributed by atoms with Gasteiger partial charge in [-0.15, -0.1) is 0 Å². The molecule has 0 bridgehead atoms. The van der Waals surface area contributed by atoms with Gasteiger partial charge in [-0.3, -0.25) is 14.5 Å². The highest BCUT2D eigenvalue weighted by Crippen LogP contribution is 2.19. The minimum atomic E-state index is -4.25. The van der Waals surface area contributed by atoms with Crippen LogP contribution in [0.4, 0.5) is 13.2 Å². The molecule has 0 spiro atoms. The van der Waals surface area contributed by atoms with Crippen molar-refractivity contribution in [3.05, 3.63) is 34.9 Å². The molecule has 5 nitrogen and oxygen atoms in total. The predicted octanol–water partition coefficient (Wildman–Crippen LogP) is 2.80. The number of carbonyl (C=O) groups is 2. The molecule has 0 radical (unpaired) electrons. The van der Waals surface area contributed by atoms with Crippen LogP contribution in [0.5, 0.6) is 0 Å². The summed E-state index contributed by atoms with van der Waals surface area (Å²) >= 11 is 6.03. The molecule has 0 saturated carbocycles. The van der Waals surface area contributed by atoms with Crippen LogP contribution in [0.2, 0.25) is 5.02 Å². The first-order valence-electron chi connectivity index (χ1n) is 8.72. The van der Waals surface area contributed by atoms with Gasteiger partial charge in [0.1, 0.15) is 6.04 Å². The van der Waals surface area contributed by atoms with Crippen LogP contribution in [0.3, 0.4) is 0 Å². The molecular weight excluding hydrogens is 383 g/mol. The summed E-state index contributed by atoms with van der Waals surface area (Å²) in [4.78, 5) is 28.1. The molecule has 1 heterocycles. The van der Waals surface area contributed by atoms with Crippen LogP contribution in [0, 0.1) is 5.92 Å². The van der Waals surface area contributed by atoms with E-state index in [0.29, 0.717) is 0 Å². The number of alkyl halides is 3. The molecule has 1 N–H and O–H groups in total. The number of nitrogens with zero attached hydrogens (tertiary/aromatic N) is 2. The molecule has 1 saturated heterocycles. The quantitative estimate of drug-likeness (QED) is 0.819. The van der Waals surface area contributed by atoms with E-state index in [0.717, 1.165) is 0 Å². The van der Waals surface area contributed by atoms with Gasteiger partial charge in [-0.1, -0.05) is 37.6 Å². The number of carbonyl (C=O) groups excluding carboxylic acids is 2. The Bertz CT molecular complexity index is 674. The number of amides is 2. The molecule has 27 heavy (non-hydrogen) atoms. The summed E-state index contributed by atoms with van der Waals surface area (Å²) in [6.45, 7) is 3.31. The van der Waals surface area contributed by atoms with E-state index in [9.17, 15) is 22.8 Å². The zero-order valence-corrected chi connectivity index (χ0v) is 16.0. The fraction of sp³-hybridized carbons (Fsp3) is 0.556. The molecule has 1 aromatic carbocycles. The number of rotatable bonds is 5. The average molecular weight is 406 g/mol. The van der Waals surface area contributed by atoms with E-state index in [4.69, 9.17) is 11.6 Å². The van der Waals surface area contributed by atoms with E-state index in [1.165, 1.54) is 9.80 Å². The highest BCUT2D eigenvalue weighted by molar-refractivity contribution is 6.33. The lowest BCUT2D eigenvalue weighted by Crippen LogP contribution is -2.57. The number of hydrogen-bond acceptors (Lipinski definition) is 3. The van der Waals surface area contributed by atoms with Gasteiger partial charge in [0.05, 0.1) is 17.1 Å². The van der Waals surface area contributed by atoms with E-state index in [1.807, 2.05) is 0 Å². The van der Waals surface area contributed by atoms with Crippen molar-refractivity contribution in [2.24, 2.45) is 5.92 Å². The molecule has 1 atom stereocenters. The Morgan fingerprint density at radius 2 is 1.74 bits per heavy atom. The Morgan fingerprint density at radius 1 is 1.15 bits per heavy atom. The summed E-state index contributed by atoms with van der Waals surface area (Å²) in [6.07, 6.45) is -4.25. The summed E-state index contributed by atoms with van der Waals surface area (Å²) in [5, 5.41) is 2.99. The average Bonchev–Trinajstić information content (AvgIpc) is 2.58. The van der Waals surface area contributed by atoms with E-state index < -0.39 is 24.7 Å². The van der Waals surface area contributed by atoms with Crippen LogP contribution in [0.25, 0.3) is 0 Å². The second-order valence-corrected chi connectivity index (χ2v) is 7.30. The Morgan fingerprint density at radius 3 is 2.26 bits per heavy atom. The number of halogens is 4. The second-order valence-electron chi connectivity index (χ2n) is 6.89. The fourth-order valence-electron chi connectivity index (χ4n) is 2.95. The van der Waals surface area contributed by atoms with Gasteiger partial charge >= 0.3 is 6.18 Å². The summed E-state index contributed by atoms with van der Waals surface area (Å²) < 4.78 is 37.5. The number of piperazine rings is 1. The van der Waals surface area contributed by atoms with Crippen LogP contribution in [-0.4, -0.2) is 66.6 Å². The first kappa shape index (κ1) is 21.5. The molecule has 1 aliphatic heterocycles. The number of hydrogen-bond donors (Lipinski definition) is 1. The van der Waals surface area contributed by atoms with E-state index >= 15 is 0 Å². The van der Waals surface area contributed by atoms with Crippen molar-refractivity contribution in [2.45, 2.75) is 26.1 Å². The van der Waals surface area contributed by atoms with Crippen molar-refractivity contribution in [3.8, 4) is 0 Å². The molecule has 150 valence electrons. The topological polar surface area (TPSA) is 52.7 Å². The van der Waals surface area contributed by atoms with Gasteiger partial charge < -0.3 is 10.2 Å². The molecule has 1 fully saturated rings. The lowest BCUT2D eigenvalue weighted by atomic mass is 10.0. The zero-order valence-electron chi connectivity index (χ0n) is 15.2. The maximum atomic E-state index is 12.8. The van der Waals surface area contributed by atoms with Crippen molar-refractivity contribution in [1.82, 2.24) is 15.1 Å². The van der Waals surface area contributed by atoms with Gasteiger partial charge in [0.15, 0.2) is 0 Å². The minimum Gasteiger partial charge on any atom is -0.340 e. The standard InChI is InChI=1S/C18H23ClF3N3O2/c1-12(2)15(23-16(26)13-5-3-4-6-14(13)19)17(27)25-9-7-24(8-10-25)11-18(20,21)22/h3-6,12,15H,7-11H2,1-2H3,(H,23,26). The Balaban J connectivity index is 2.00. The summed E-state index contributed by atoms with van der Waals surface area (Å²) in [7, 11) is 0. The van der Waals surface area contributed by atoms with Crippen molar-refractivity contribution < 1.29 is 22.8 Å². The molecule has 1 unspecified atom stereocenters. The minimum absolute atomic E-state index is 0.147. The van der Waals surface area contributed by atoms with Gasteiger partial charge in [0, 0.05) is 26.2 Å². The molecular formula is C18H23ClF3N3O2. The van der Waals surface area contributed by atoms with Crippen LogP contribution < -0.4 is 5.32 Å². The fourth-order valence-corrected chi connectivity index (χ4v) is 3.18. The number of nitrogens with one attached hydrogen (secondary N) is 1. The van der Waals surface area contributed by atoms with Crippen molar-refractivity contribution in [2.75, 3.05) is 32.7 Å². The largest absolute Gasteiger partial charge is 0.401 e. The molecule has 0 aromatic heterocycles. The van der Waals surface area contributed by atoms with Gasteiger partial charge in [0.25, 0.3) is 5.91 Å². The second kappa shape index (κ2) is 8.93. The Hall–Kier alpha value is -1.80. The molecule has 9 heteroatoms. The predicted molar refractivity (Wildman–Crippen MR) is 96.6 cm³/mol. The summed E-state index contributed by atoms with van der Waals surface area (Å²) in [6, 6.07) is 5.75. The lowest BCUT2D eigenvalue weighted by molar-refractivity contribution is -0.152. The normalized spacial score (nSPS) is 17.1. The van der Waals surface area contributed by atoms with E-state index in [1.54, 1.807) is 38.1 Å². The van der Waals surface area contributed by atoms with Crippen molar-refractivity contribution >= 4 is 23.4 Å². The molecule has 2 rings (SSSR count). The Labute approximate surface area is 161 Å². The zero-order chi connectivity index (χ0) is 20.2. The van der Waals surface area contributed by atoms with Gasteiger partial charge in [0.2, 0.25) is 5.91 Å². The SMILES string of the molecule is CC(C)C(NC(=O)c1ccccc1Cl)C(=O)N1CCN(CC(F)(F)F)CC1.